The Morgan fingerprint density at radius 1 is 0.700 bits per heavy atom. The highest BCUT2D eigenvalue weighted by Crippen LogP contribution is 2.11. The van der Waals surface area contributed by atoms with Gasteiger partial charge in [-0.25, -0.2) is 24.4 Å². The number of carbonyl (C=O) groups is 4. The SMILES string of the molecule is CC.CC(=O)c1nc(C(=O)O)c(C(=O)O)nc1C(=O)O. The fraction of sp³-hybridized carbons (Fsp3) is 0.273. The Kier molecular flexibility index (Phi) is 5.94. The van der Waals surface area contributed by atoms with Crippen molar-refractivity contribution in [2.75, 3.05) is 0 Å². The van der Waals surface area contributed by atoms with Gasteiger partial charge in [-0.3, -0.25) is 4.79 Å². The summed E-state index contributed by atoms with van der Waals surface area (Å²) in [4.78, 5) is 49.8. The number of hydrogen-bond donors (Lipinski definition) is 3. The number of aromatic nitrogens is 2. The number of carboxylic acid groups (broad SMARTS) is 3. The Morgan fingerprint density at radius 3 is 1.20 bits per heavy atom. The largest absolute Gasteiger partial charge is 0.476 e. The van der Waals surface area contributed by atoms with Gasteiger partial charge < -0.3 is 15.3 Å². The van der Waals surface area contributed by atoms with Crippen LogP contribution in [-0.4, -0.2) is 49.0 Å². The molecule has 0 atom stereocenters. The number of nitrogens with zero attached hydrogens (tertiary/aromatic N) is 2. The van der Waals surface area contributed by atoms with Gasteiger partial charge in [0.15, 0.2) is 22.9 Å². The van der Waals surface area contributed by atoms with Gasteiger partial charge in [0.1, 0.15) is 5.69 Å². The Morgan fingerprint density at radius 2 is 0.950 bits per heavy atom. The molecule has 0 saturated carbocycles. The summed E-state index contributed by atoms with van der Waals surface area (Å²) in [6.07, 6.45) is 0. The molecule has 0 aliphatic rings. The third kappa shape index (κ3) is 3.57. The van der Waals surface area contributed by atoms with E-state index in [1.807, 2.05) is 13.8 Å². The first kappa shape index (κ1) is 17.2. The Hall–Kier alpha value is -2.84. The van der Waals surface area contributed by atoms with Crippen LogP contribution in [0.25, 0.3) is 0 Å². The average molecular weight is 284 g/mol. The zero-order valence-corrected chi connectivity index (χ0v) is 10.9. The molecular formula is C11H12N2O7. The van der Waals surface area contributed by atoms with Gasteiger partial charge in [-0.05, 0) is 0 Å². The lowest BCUT2D eigenvalue weighted by molar-refractivity contribution is 0.0633. The molecule has 9 nitrogen and oxygen atoms in total. The number of ketones is 1. The molecule has 0 spiro atoms. The van der Waals surface area contributed by atoms with Gasteiger partial charge in [-0.1, -0.05) is 13.8 Å². The molecule has 20 heavy (non-hydrogen) atoms. The molecule has 0 fully saturated rings. The van der Waals surface area contributed by atoms with Crippen LogP contribution in [-0.2, 0) is 0 Å². The summed E-state index contributed by atoms with van der Waals surface area (Å²) in [5, 5.41) is 26.2. The molecule has 1 aromatic rings. The van der Waals surface area contributed by atoms with Crippen LogP contribution in [0.2, 0.25) is 0 Å². The van der Waals surface area contributed by atoms with Crippen LogP contribution in [0, 0.1) is 0 Å². The van der Waals surface area contributed by atoms with Crippen LogP contribution in [0.5, 0.6) is 0 Å². The van der Waals surface area contributed by atoms with Crippen LogP contribution >= 0.6 is 0 Å². The summed E-state index contributed by atoms with van der Waals surface area (Å²) in [5.74, 6) is -5.98. The molecule has 0 unspecified atom stereocenters. The van der Waals surface area contributed by atoms with Gasteiger partial charge in [0, 0.05) is 6.92 Å². The highest BCUT2D eigenvalue weighted by molar-refractivity contribution is 6.05. The summed E-state index contributed by atoms with van der Waals surface area (Å²) in [7, 11) is 0. The van der Waals surface area contributed by atoms with Gasteiger partial charge >= 0.3 is 17.9 Å². The number of hydrogen-bond acceptors (Lipinski definition) is 6. The van der Waals surface area contributed by atoms with Crippen LogP contribution in [0.15, 0.2) is 0 Å². The molecule has 0 aliphatic heterocycles. The first-order chi connectivity index (χ1) is 9.25. The zero-order valence-electron chi connectivity index (χ0n) is 10.9. The van der Waals surface area contributed by atoms with E-state index in [0.29, 0.717) is 0 Å². The van der Waals surface area contributed by atoms with Gasteiger partial charge in [0.2, 0.25) is 0 Å². The van der Waals surface area contributed by atoms with E-state index >= 15 is 0 Å². The van der Waals surface area contributed by atoms with Crippen molar-refractivity contribution in [3.8, 4) is 0 Å². The lowest BCUT2D eigenvalue weighted by atomic mass is 10.2. The lowest BCUT2D eigenvalue weighted by Gasteiger charge is -2.05. The van der Waals surface area contributed by atoms with Gasteiger partial charge in [-0.15, -0.1) is 0 Å². The van der Waals surface area contributed by atoms with Crippen molar-refractivity contribution >= 4 is 23.7 Å². The molecule has 3 N–H and O–H groups in total. The highest BCUT2D eigenvalue weighted by atomic mass is 16.4. The van der Waals surface area contributed by atoms with Crippen LogP contribution in [0.3, 0.4) is 0 Å². The van der Waals surface area contributed by atoms with Crippen LogP contribution in [0.4, 0.5) is 0 Å². The number of carboxylic acids is 3. The van der Waals surface area contributed by atoms with E-state index in [-0.39, 0.29) is 0 Å². The minimum Gasteiger partial charge on any atom is -0.476 e. The van der Waals surface area contributed by atoms with E-state index < -0.39 is 46.5 Å². The molecule has 108 valence electrons. The zero-order chi connectivity index (χ0) is 16.0. The number of Topliss-reactive ketones (excluding diaryl/α,β-unsaturated/α-hetero) is 1. The van der Waals surface area contributed by atoms with Crippen molar-refractivity contribution in [1.29, 1.82) is 0 Å². The van der Waals surface area contributed by atoms with Gasteiger partial charge in [0.05, 0.1) is 0 Å². The molecule has 0 aromatic carbocycles. The maximum Gasteiger partial charge on any atom is 0.357 e. The van der Waals surface area contributed by atoms with Gasteiger partial charge in [-0.2, -0.15) is 0 Å². The summed E-state index contributed by atoms with van der Waals surface area (Å²) < 4.78 is 0. The predicted octanol–water partition coefficient (Wildman–Crippen LogP) is 0.800. The smallest absolute Gasteiger partial charge is 0.357 e. The minimum atomic E-state index is -1.75. The predicted molar refractivity (Wildman–Crippen MR) is 64.3 cm³/mol. The Balaban J connectivity index is 0.00000172. The summed E-state index contributed by atoms with van der Waals surface area (Å²) in [6.45, 7) is 4.96. The maximum atomic E-state index is 11.1. The molecule has 0 saturated heterocycles. The van der Waals surface area contributed by atoms with Crippen molar-refractivity contribution in [1.82, 2.24) is 9.97 Å². The van der Waals surface area contributed by atoms with E-state index in [0.717, 1.165) is 6.92 Å². The molecule has 9 heteroatoms. The van der Waals surface area contributed by atoms with Crippen molar-refractivity contribution in [2.24, 2.45) is 0 Å². The summed E-state index contributed by atoms with van der Waals surface area (Å²) in [6, 6.07) is 0. The van der Waals surface area contributed by atoms with Crippen molar-refractivity contribution in [3.63, 3.8) is 0 Å². The minimum absolute atomic E-state index is 0.704. The molecule has 1 heterocycles. The molecule has 0 aliphatic carbocycles. The first-order valence-corrected chi connectivity index (χ1v) is 5.38. The fourth-order valence-corrected chi connectivity index (χ4v) is 1.13. The third-order valence-electron chi connectivity index (χ3n) is 1.84. The molecule has 0 amide bonds. The topological polar surface area (TPSA) is 155 Å². The second kappa shape index (κ2) is 6.92. The second-order valence-corrected chi connectivity index (χ2v) is 3.09. The monoisotopic (exact) mass is 284 g/mol. The molecular weight excluding hydrogens is 272 g/mol. The number of aromatic carboxylic acids is 3. The quantitative estimate of drug-likeness (QED) is 0.680. The summed E-state index contributed by atoms with van der Waals surface area (Å²) in [5.41, 5.74) is -3.63. The van der Waals surface area contributed by atoms with E-state index in [1.165, 1.54) is 0 Å². The molecule has 0 bridgehead atoms. The normalized spacial score (nSPS) is 9.15. The Bertz CT molecular complexity index is 482. The molecule has 1 rings (SSSR count). The van der Waals surface area contributed by atoms with Crippen LogP contribution < -0.4 is 0 Å². The lowest BCUT2D eigenvalue weighted by Crippen LogP contribution is -2.21. The van der Waals surface area contributed by atoms with E-state index in [9.17, 15) is 19.2 Å². The standard InChI is InChI=1S/C9H6N2O7.C2H6/c1-2(12)3-4(7(13)14)11-6(9(17)18)5(10-3)8(15)16;1-2/h1H3,(H,13,14)(H,15,16)(H,17,18);1-2H3. The molecule has 1 aromatic heterocycles. The number of rotatable bonds is 4. The molecule has 0 radical (unpaired) electrons. The van der Waals surface area contributed by atoms with Crippen molar-refractivity contribution < 1.29 is 34.5 Å². The summed E-state index contributed by atoms with van der Waals surface area (Å²) >= 11 is 0. The van der Waals surface area contributed by atoms with Gasteiger partial charge in [0.25, 0.3) is 0 Å². The maximum absolute atomic E-state index is 11.1. The fourth-order valence-electron chi connectivity index (χ4n) is 1.13. The van der Waals surface area contributed by atoms with E-state index in [2.05, 4.69) is 9.97 Å². The third-order valence-corrected chi connectivity index (χ3v) is 1.84. The highest BCUT2D eigenvalue weighted by Gasteiger charge is 2.27. The average Bonchev–Trinajstić information content (AvgIpc) is 2.38. The van der Waals surface area contributed by atoms with Crippen molar-refractivity contribution in [2.45, 2.75) is 20.8 Å². The van der Waals surface area contributed by atoms with Crippen molar-refractivity contribution in [3.05, 3.63) is 22.8 Å². The van der Waals surface area contributed by atoms with E-state index in [4.69, 9.17) is 15.3 Å². The van der Waals surface area contributed by atoms with Crippen LogP contribution in [0.1, 0.15) is 62.7 Å². The Labute approximate surface area is 112 Å². The second-order valence-electron chi connectivity index (χ2n) is 3.09. The van der Waals surface area contributed by atoms with E-state index in [1.54, 1.807) is 0 Å². The first-order valence-electron chi connectivity index (χ1n) is 5.38. The number of carbonyl (C=O) groups excluding carboxylic acids is 1.